The fourth-order valence-electron chi connectivity index (χ4n) is 2.13. The zero-order valence-electron chi connectivity index (χ0n) is 16.0. The summed E-state index contributed by atoms with van der Waals surface area (Å²) in [4.78, 5) is 36.0. The molecule has 2 N–H and O–H groups in total. The first-order valence-corrected chi connectivity index (χ1v) is 8.71. The van der Waals surface area contributed by atoms with Crippen molar-refractivity contribution in [2.45, 2.75) is 27.7 Å². The van der Waals surface area contributed by atoms with Gasteiger partial charge in [0.05, 0.1) is 12.2 Å². The number of carbonyl (C=O) groups is 3. The van der Waals surface area contributed by atoms with Crippen molar-refractivity contribution in [2.24, 2.45) is 5.41 Å². The normalized spacial score (nSPS) is 10.8. The predicted molar refractivity (Wildman–Crippen MR) is 105 cm³/mol. The van der Waals surface area contributed by atoms with E-state index in [9.17, 15) is 14.4 Å². The number of hydrogen-bond donors (Lipinski definition) is 2. The Balaban J connectivity index is 2.00. The third kappa shape index (κ3) is 5.67. The highest BCUT2D eigenvalue weighted by Crippen LogP contribution is 2.18. The lowest BCUT2D eigenvalue weighted by Crippen LogP contribution is -2.27. The molecule has 0 atom stereocenters. The van der Waals surface area contributed by atoms with Gasteiger partial charge in [-0.05, 0) is 55.5 Å². The molecule has 0 aliphatic rings. The van der Waals surface area contributed by atoms with Gasteiger partial charge in [0, 0.05) is 22.4 Å². The molecule has 0 radical (unpaired) electrons. The van der Waals surface area contributed by atoms with Gasteiger partial charge in [-0.25, -0.2) is 4.79 Å². The topological polar surface area (TPSA) is 84.5 Å². The Morgan fingerprint density at radius 2 is 1.30 bits per heavy atom. The van der Waals surface area contributed by atoms with Crippen LogP contribution in [0.4, 0.5) is 11.4 Å². The number of hydrogen-bond acceptors (Lipinski definition) is 4. The first-order chi connectivity index (χ1) is 12.7. The second kappa shape index (κ2) is 8.49. The third-order valence-electron chi connectivity index (χ3n) is 3.74. The minimum Gasteiger partial charge on any atom is -0.462 e. The van der Waals surface area contributed by atoms with Crippen molar-refractivity contribution >= 4 is 29.2 Å². The van der Waals surface area contributed by atoms with Crippen molar-refractivity contribution in [3.8, 4) is 0 Å². The van der Waals surface area contributed by atoms with E-state index < -0.39 is 11.4 Å². The molecule has 0 aromatic heterocycles. The van der Waals surface area contributed by atoms with Crippen LogP contribution in [0.15, 0.2) is 48.5 Å². The summed E-state index contributed by atoms with van der Waals surface area (Å²) in [5.41, 5.74) is 1.58. The molecule has 2 rings (SSSR count). The smallest absolute Gasteiger partial charge is 0.338 e. The lowest BCUT2D eigenvalue weighted by atomic mass is 9.95. The van der Waals surface area contributed by atoms with Crippen molar-refractivity contribution in [3.63, 3.8) is 0 Å². The molecule has 6 heteroatoms. The number of amides is 2. The molecule has 0 spiro atoms. The summed E-state index contributed by atoms with van der Waals surface area (Å²) in [6.07, 6.45) is 0. The van der Waals surface area contributed by atoms with Crippen molar-refractivity contribution in [2.75, 3.05) is 17.2 Å². The summed E-state index contributed by atoms with van der Waals surface area (Å²) < 4.78 is 4.92. The maximum Gasteiger partial charge on any atom is 0.338 e. The molecule has 0 saturated heterocycles. The molecule has 0 unspecified atom stereocenters. The molecule has 0 aliphatic carbocycles. The van der Waals surface area contributed by atoms with Crippen LogP contribution in [-0.4, -0.2) is 24.4 Å². The fraction of sp³-hybridized carbons (Fsp3) is 0.286. The molecule has 2 amide bonds. The largest absolute Gasteiger partial charge is 0.462 e. The highest BCUT2D eigenvalue weighted by atomic mass is 16.5. The van der Waals surface area contributed by atoms with Crippen molar-refractivity contribution < 1.29 is 19.1 Å². The minimum absolute atomic E-state index is 0.0959. The van der Waals surface area contributed by atoms with Crippen LogP contribution in [0.1, 0.15) is 48.4 Å². The number of carbonyl (C=O) groups excluding carboxylic acids is 3. The zero-order chi connectivity index (χ0) is 20.0. The lowest BCUT2D eigenvalue weighted by molar-refractivity contribution is -0.123. The summed E-state index contributed by atoms with van der Waals surface area (Å²) in [6, 6.07) is 13.1. The van der Waals surface area contributed by atoms with E-state index >= 15 is 0 Å². The van der Waals surface area contributed by atoms with Crippen molar-refractivity contribution in [1.29, 1.82) is 0 Å². The van der Waals surface area contributed by atoms with Crippen LogP contribution in [0.2, 0.25) is 0 Å². The molecule has 0 saturated carbocycles. The van der Waals surface area contributed by atoms with E-state index in [-0.39, 0.29) is 11.8 Å². The van der Waals surface area contributed by atoms with Crippen LogP contribution in [0.3, 0.4) is 0 Å². The summed E-state index contributed by atoms with van der Waals surface area (Å²) in [5, 5.41) is 5.57. The molecule has 0 fully saturated rings. The van der Waals surface area contributed by atoms with Crippen molar-refractivity contribution in [3.05, 3.63) is 59.7 Å². The first-order valence-electron chi connectivity index (χ1n) is 8.71. The average molecular weight is 368 g/mol. The Labute approximate surface area is 158 Å². The lowest BCUT2D eigenvalue weighted by Gasteiger charge is -2.17. The molecule has 0 aliphatic heterocycles. The van der Waals surface area contributed by atoms with Gasteiger partial charge < -0.3 is 15.4 Å². The predicted octanol–water partition coefficient (Wildman–Crippen LogP) is 4.10. The van der Waals surface area contributed by atoms with Gasteiger partial charge >= 0.3 is 5.97 Å². The van der Waals surface area contributed by atoms with E-state index in [1.165, 1.54) is 0 Å². The van der Waals surface area contributed by atoms with Crippen LogP contribution in [0.25, 0.3) is 0 Å². The molecule has 6 nitrogen and oxygen atoms in total. The molecule has 0 bridgehead atoms. The number of benzene rings is 2. The van der Waals surface area contributed by atoms with Crippen LogP contribution in [0, 0.1) is 5.41 Å². The fourth-order valence-corrected chi connectivity index (χ4v) is 2.13. The maximum atomic E-state index is 12.3. The Hall–Kier alpha value is -3.15. The van der Waals surface area contributed by atoms with Crippen molar-refractivity contribution in [1.82, 2.24) is 0 Å². The summed E-state index contributed by atoms with van der Waals surface area (Å²) in [5.74, 6) is -0.780. The van der Waals surface area contributed by atoms with Crippen LogP contribution >= 0.6 is 0 Å². The Morgan fingerprint density at radius 3 is 1.78 bits per heavy atom. The molecular weight excluding hydrogens is 344 g/mol. The minimum atomic E-state index is -0.494. The van der Waals surface area contributed by atoms with E-state index in [1.54, 1.807) is 55.5 Å². The molecular formula is C21H24N2O4. The molecule has 2 aromatic rings. The maximum absolute atomic E-state index is 12.3. The van der Waals surface area contributed by atoms with Crippen LogP contribution < -0.4 is 10.6 Å². The number of esters is 1. The Bertz CT molecular complexity index is 819. The van der Waals surface area contributed by atoms with E-state index in [4.69, 9.17) is 4.74 Å². The Kier molecular flexibility index (Phi) is 6.34. The zero-order valence-corrected chi connectivity index (χ0v) is 16.0. The average Bonchev–Trinajstić information content (AvgIpc) is 2.62. The van der Waals surface area contributed by atoms with E-state index in [0.717, 1.165) is 0 Å². The third-order valence-corrected chi connectivity index (χ3v) is 3.74. The second-order valence-corrected chi connectivity index (χ2v) is 7.03. The van der Waals surface area contributed by atoms with Gasteiger partial charge in [0.25, 0.3) is 5.91 Å². The van der Waals surface area contributed by atoms with Crippen LogP contribution in [-0.2, 0) is 9.53 Å². The molecule has 2 aromatic carbocycles. The molecule has 0 heterocycles. The monoisotopic (exact) mass is 368 g/mol. The second-order valence-electron chi connectivity index (χ2n) is 7.03. The quantitative estimate of drug-likeness (QED) is 0.778. The molecule has 142 valence electrons. The van der Waals surface area contributed by atoms with E-state index in [0.29, 0.717) is 29.1 Å². The highest BCUT2D eigenvalue weighted by Gasteiger charge is 2.21. The van der Waals surface area contributed by atoms with Gasteiger partial charge in [0.15, 0.2) is 0 Å². The number of ether oxygens (including phenoxy) is 1. The number of rotatable bonds is 5. The van der Waals surface area contributed by atoms with Gasteiger partial charge in [-0.15, -0.1) is 0 Å². The van der Waals surface area contributed by atoms with Gasteiger partial charge in [0.1, 0.15) is 0 Å². The standard InChI is InChI=1S/C21H24N2O4/c1-5-27-19(25)15-8-12-16(13-9-15)22-18(24)14-6-10-17(11-7-14)23-20(26)21(2,3)4/h6-13H,5H2,1-4H3,(H,22,24)(H,23,26). The molecule has 27 heavy (non-hydrogen) atoms. The number of nitrogens with one attached hydrogen (secondary N) is 2. The SMILES string of the molecule is CCOC(=O)c1ccc(NC(=O)c2ccc(NC(=O)C(C)(C)C)cc2)cc1. The van der Waals surface area contributed by atoms with Gasteiger partial charge in [-0.1, -0.05) is 20.8 Å². The van der Waals surface area contributed by atoms with Gasteiger partial charge in [-0.3, -0.25) is 9.59 Å². The van der Waals surface area contributed by atoms with Crippen LogP contribution in [0.5, 0.6) is 0 Å². The Morgan fingerprint density at radius 1 is 0.815 bits per heavy atom. The summed E-state index contributed by atoms with van der Waals surface area (Å²) in [7, 11) is 0. The highest BCUT2D eigenvalue weighted by molar-refractivity contribution is 6.05. The number of anilines is 2. The summed E-state index contributed by atoms with van der Waals surface area (Å²) >= 11 is 0. The van der Waals surface area contributed by atoms with E-state index in [1.807, 2.05) is 20.8 Å². The van der Waals surface area contributed by atoms with E-state index in [2.05, 4.69) is 10.6 Å². The van der Waals surface area contributed by atoms with Gasteiger partial charge in [-0.2, -0.15) is 0 Å². The van der Waals surface area contributed by atoms with Gasteiger partial charge in [0.2, 0.25) is 5.91 Å². The summed E-state index contributed by atoms with van der Waals surface area (Å²) in [6.45, 7) is 7.54. The first kappa shape index (κ1) is 20.2.